The second-order valence-corrected chi connectivity index (χ2v) is 4.57. The van der Waals surface area contributed by atoms with E-state index in [2.05, 4.69) is 15.0 Å². The van der Waals surface area contributed by atoms with Gasteiger partial charge in [-0.1, -0.05) is 18.2 Å². The Balaban J connectivity index is 2.11. The zero-order valence-corrected chi connectivity index (χ0v) is 11.3. The first-order valence-corrected chi connectivity index (χ1v) is 6.26. The van der Waals surface area contributed by atoms with Crippen molar-refractivity contribution < 1.29 is 4.74 Å². The standard InChI is InChI=1S/C15H14N4O/c1-9-6-7-11-4-3-5-12(13(11)19-9)20-15-10(2)14(16)17-8-18-15/h3-8H,1-2H3,(H2,16,17,18). The van der Waals surface area contributed by atoms with Gasteiger partial charge in [-0.2, -0.15) is 0 Å². The summed E-state index contributed by atoms with van der Waals surface area (Å²) in [5.74, 6) is 1.53. The molecule has 0 amide bonds. The Morgan fingerprint density at radius 2 is 1.90 bits per heavy atom. The summed E-state index contributed by atoms with van der Waals surface area (Å²) >= 11 is 0. The Bertz CT molecular complexity index is 786. The average Bonchev–Trinajstić information content (AvgIpc) is 2.44. The Morgan fingerprint density at radius 1 is 1.05 bits per heavy atom. The number of nitrogen functional groups attached to an aromatic ring is 1. The van der Waals surface area contributed by atoms with Gasteiger partial charge >= 0.3 is 0 Å². The van der Waals surface area contributed by atoms with E-state index in [0.29, 0.717) is 17.4 Å². The van der Waals surface area contributed by atoms with Crippen LogP contribution in [0.25, 0.3) is 10.9 Å². The Morgan fingerprint density at radius 3 is 2.75 bits per heavy atom. The third-order valence-electron chi connectivity index (χ3n) is 3.11. The fourth-order valence-electron chi connectivity index (χ4n) is 1.95. The molecule has 20 heavy (non-hydrogen) atoms. The van der Waals surface area contributed by atoms with Crippen molar-refractivity contribution >= 4 is 16.7 Å². The van der Waals surface area contributed by atoms with Gasteiger partial charge < -0.3 is 10.5 Å². The molecule has 0 saturated carbocycles. The summed E-state index contributed by atoms with van der Waals surface area (Å²) in [4.78, 5) is 12.6. The van der Waals surface area contributed by atoms with Crippen molar-refractivity contribution in [1.29, 1.82) is 0 Å². The summed E-state index contributed by atoms with van der Waals surface area (Å²) in [5, 5.41) is 1.02. The molecule has 2 N–H and O–H groups in total. The number of para-hydroxylation sites is 1. The van der Waals surface area contributed by atoms with Crippen LogP contribution >= 0.6 is 0 Å². The molecular weight excluding hydrogens is 252 g/mol. The minimum Gasteiger partial charge on any atom is -0.436 e. The SMILES string of the molecule is Cc1ccc2cccc(Oc3ncnc(N)c3C)c2n1. The minimum atomic E-state index is 0.416. The molecule has 0 radical (unpaired) electrons. The van der Waals surface area contributed by atoms with E-state index in [1.54, 1.807) is 0 Å². The lowest BCUT2D eigenvalue weighted by Crippen LogP contribution is -1.99. The smallest absolute Gasteiger partial charge is 0.227 e. The van der Waals surface area contributed by atoms with E-state index < -0.39 is 0 Å². The normalized spacial score (nSPS) is 10.7. The molecule has 100 valence electrons. The van der Waals surface area contributed by atoms with Crippen molar-refractivity contribution in [3.8, 4) is 11.6 Å². The molecule has 1 aromatic carbocycles. The van der Waals surface area contributed by atoms with E-state index in [-0.39, 0.29) is 0 Å². The maximum Gasteiger partial charge on any atom is 0.227 e. The predicted octanol–water partition coefficient (Wildman–Crippen LogP) is 3.02. The highest BCUT2D eigenvalue weighted by atomic mass is 16.5. The van der Waals surface area contributed by atoms with Gasteiger partial charge in [0.25, 0.3) is 0 Å². The molecule has 0 aliphatic carbocycles. The average molecular weight is 266 g/mol. The molecule has 0 unspecified atom stereocenters. The maximum atomic E-state index is 5.86. The second-order valence-electron chi connectivity index (χ2n) is 4.57. The number of hydrogen-bond donors (Lipinski definition) is 1. The summed E-state index contributed by atoms with van der Waals surface area (Å²) in [6.45, 7) is 3.78. The van der Waals surface area contributed by atoms with Crippen LogP contribution in [0.5, 0.6) is 11.6 Å². The molecule has 5 nitrogen and oxygen atoms in total. The largest absolute Gasteiger partial charge is 0.436 e. The van der Waals surface area contributed by atoms with Crippen LogP contribution in [-0.4, -0.2) is 15.0 Å². The van der Waals surface area contributed by atoms with Crippen molar-refractivity contribution in [2.45, 2.75) is 13.8 Å². The Kier molecular flexibility index (Phi) is 2.95. The van der Waals surface area contributed by atoms with E-state index >= 15 is 0 Å². The number of pyridine rings is 1. The van der Waals surface area contributed by atoms with Gasteiger partial charge in [-0.05, 0) is 26.0 Å². The van der Waals surface area contributed by atoms with Crippen LogP contribution in [0, 0.1) is 13.8 Å². The monoisotopic (exact) mass is 266 g/mol. The molecule has 0 aliphatic rings. The molecule has 3 rings (SSSR count). The van der Waals surface area contributed by atoms with E-state index in [1.807, 2.05) is 44.2 Å². The van der Waals surface area contributed by atoms with Gasteiger partial charge in [0.05, 0.1) is 5.56 Å². The number of benzene rings is 1. The first kappa shape index (κ1) is 12.3. The zero-order valence-electron chi connectivity index (χ0n) is 11.3. The van der Waals surface area contributed by atoms with E-state index in [0.717, 1.165) is 22.2 Å². The summed E-state index contributed by atoms with van der Waals surface area (Å²) in [5.41, 5.74) is 8.23. The Hall–Kier alpha value is -2.69. The molecule has 2 aromatic heterocycles. The predicted molar refractivity (Wildman–Crippen MR) is 77.7 cm³/mol. The highest BCUT2D eigenvalue weighted by molar-refractivity contribution is 5.84. The molecular formula is C15H14N4O. The van der Waals surface area contributed by atoms with E-state index in [4.69, 9.17) is 10.5 Å². The number of nitrogens with zero attached hydrogens (tertiary/aromatic N) is 3. The van der Waals surface area contributed by atoms with Crippen molar-refractivity contribution in [2.24, 2.45) is 0 Å². The highest BCUT2D eigenvalue weighted by Gasteiger charge is 2.10. The first-order chi connectivity index (χ1) is 9.65. The van der Waals surface area contributed by atoms with Crippen LogP contribution < -0.4 is 10.5 Å². The molecule has 0 bridgehead atoms. The Labute approximate surface area is 116 Å². The molecule has 0 fully saturated rings. The van der Waals surface area contributed by atoms with Crippen molar-refractivity contribution in [3.05, 3.63) is 47.9 Å². The van der Waals surface area contributed by atoms with Crippen LogP contribution in [0.1, 0.15) is 11.3 Å². The lowest BCUT2D eigenvalue weighted by Gasteiger charge is -2.10. The van der Waals surface area contributed by atoms with Gasteiger partial charge in [-0.25, -0.2) is 15.0 Å². The zero-order chi connectivity index (χ0) is 14.1. The maximum absolute atomic E-state index is 5.86. The number of aryl methyl sites for hydroxylation is 1. The second kappa shape index (κ2) is 4.77. The number of anilines is 1. The van der Waals surface area contributed by atoms with Crippen LogP contribution in [0.4, 0.5) is 5.82 Å². The summed E-state index contributed by atoms with van der Waals surface area (Å²) < 4.78 is 5.86. The van der Waals surface area contributed by atoms with E-state index in [9.17, 15) is 0 Å². The van der Waals surface area contributed by atoms with Gasteiger partial charge in [0.1, 0.15) is 17.7 Å². The van der Waals surface area contributed by atoms with Gasteiger partial charge in [0.2, 0.25) is 5.88 Å². The summed E-state index contributed by atoms with van der Waals surface area (Å²) in [6.07, 6.45) is 1.39. The van der Waals surface area contributed by atoms with Crippen LogP contribution in [-0.2, 0) is 0 Å². The van der Waals surface area contributed by atoms with E-state index in [1.165, 1.54) is 6.33 Å². The number of fused-ring (bicyclic) bond motifs is 1. The molecule has 0 atom stereocenters. The first-order valence-electron chi connectivity index (χ1n) is 6.26. The van der Waals surface area contributed by atoms with Gasteiger partial charge in [-0.15, -0.1) is 0 Å². The number of aromatic nitrogens is 3. The van der Waals surface area contributed by atoms with Crippen LogP contribution in [0.2, 0.25) is 0 Å². The fourth-order valence-corrected chi connectivity index (χ4v) is 1.95. The molecule has 0 saturated heterocycles. The van der Waals surface area contributed by atoms with Crippen molar-refractivity contribution in [3.63, 3.8) is 0 Å². The number of ether oxygens (including phenoxy) is 1. The van der Waals surface area contributed by atoms with Crippen LogP contribution in [0.15, 0.2) is 36.7 Å². The van der Waals surface area contributed by atoms with Crippen molar-refractivity contribution in [1.82, 2.24) is 15.0 Å². The number of nitrogens with two attached hydrogens (primary N) is 1. The molecule has 0 spiro atoms. The third-order valence-corrected chi connectivity index (χ3v) is 3.11. The fraction of sp³-hybridized carbons (Fsp3) is 0.133. The third kappa shape index (κ3) is 2.14. The minimum absolute atomic E-state index is 0.416. The quantitative estimate of drug-likeness (QED) is 0.771. The topological polar surface area (TPSA) is 73.9 Å². The molecule has 2 heterocycles. The highest BCUT2D eigenvalue weighted by Crippen LogP contribution is 2.30. The number of hydrogen-bond acceptors (Lipinski definition) is 5. The summed E-state index contributed by atoms with van der Waals surface area (Å²) in [7, 11) is 0. The number of rotatable bonds is 2. The lowest BCUT2D eigenvalue weighted by molar-refractivity contribution is 0.462. The van der Waals surface area contributed by atoms with Gasteiger partial charge in [0, 0.05) is 11.1 Å². The molecule has 0 aliphatic heterocycles. The lowest BCUT2D eigenvalue weighted by atomic mass is 10.2. The summed E-state index contributed by atoms with van der Waals surface area (Å²) in [6, 6.07) is 9.78. The van der Waals surface area contributed by atoms with Gasteiger partial charge in [-0.3, -0.25) is 0 Å². The van der Waals surface area contributed by atoms with Crippen LogP contribution in [0.3, 0.4) is 0 Å². The van der Waals surface area contributed by atoms with Gasteiger partial charge in [0.15, 0.2) is 5.75 Å². The molecule has 3 aromatic rings. The van der Waals surface area contributed by atoms with Crippen molar-refractivity contribution in [2.75, 3.05) is 5.73 Å². The molecule has 5 heteroatoms.